The number of fused-ring (bicyclic) bond motifs is 2. The van der Waals surface area contributed by atoms with Gasteiger partial charge in [0.25, 0.3) is 0 Å². The minimum absolute atomic E-state index is 0.0468. The second-order valence-corrected chi connectivity index (χ2v) is 8.85. The van der Waals surface area contributed by atoms with Crippen LogP contribution in [0.3, 0.4) is 0 Å². The molecule has 0 amide bonds. The molecule has 5 heteroatoms. The van der Waals surface area contributed by atoms with E-state index in [9.17, 15) is 4.79 Å². The second kappa shape index (κ2) is 8.41. The number of para-hydroxylation sites is 1. The smallest absolute Gasteiger partial charge is 0.195 e. The van der Waals surface area contributed by atoms with Crippen LogP contribution in [-0.2, 0) is 11.3 Å². The Balaban J connectivity index is 1.54. The average Bonchev–Trinajstić information content (AvgIpc) is 3.21. The molecule has 5 rings (SSSR count). The van der Waals surface area contributed by atoms with Gasteiger partial charge in [-0.2, -0.15) is 0 Å². The van der Waals surface area contributed by atoms with Gasteiger partial charge in [-0.15, -0.1) is 0 Å². The predicted octanol–water partition coefficient (Wildman–Crippen LogP) is 4.51. The van der Waals surface area contributed by atoms with Crippen LogP contribution in [0.4, 0.5) is 0 Å². The molecule has 1 fully saturated rings. The molecule has 0 spiro atoms. The second-order valence-electron chi connectivity index (χ2n) is 8.85. The summed E-state index contributed by atoms with van der Waals surface area (Å²) >= 11 is 0. The van der Waals surface area contributed by atoms with Crippen LogP contribution < -0.4 is 4.74 Å². The van der Waals surface area contributed by atoms with Gasteiger partial charge < -0.3 is 18.5 Å². The Labute approximate surface area is 188 Å². The first kappa shape index (κ1) is 20.7. The van der Waals surface area contributed by atoms with E-state index in [1.807, 2.05) is 54.7 Å². The van der Waals surface area contributed by atoms with Crippen molar-refractivity contribution in [2.45, 2.75) is 6.54 Å². The maximum atomic E-state index is 13.8. The topological polar surface area (TPSA) is 40.5 Å². The number of carbonyl (C=O) groups excluding carboxylic acids is 1. The van der Waals surface area contributed by atoms with Crippen molar-refractivity contribution in [1.82, 2.24) is 4.57 Å². The first-order chi connectivity index (χ1) is 15.6. The Morgan fingerprint density at radius 2 is 1.62 bits per heavy atom. The molecule has 0 N–H and O–H groups in total. The third kappa shape index (κ3) is 3.68. The molecular weight excluding hydrogens is 400 g/mol. The van der Waals surface area contributed by atoms with E-state index in [0.29, 0.717) is 5.56 Å². The number of likely N-dealkylation sites (N-methyl/N-ethyl adjacent to an activating group) is 1. The zero-order chi connectivity index (χ0) is 22.1. The van der Waals surface area contributed by atoms with Gasteiger partial charge >= 0.3 is 0 Å². The quantitative estimate of drug-likeness (QED) is 0.334. The maximum Gasteiger partial charge on any atom is 0.195 e. The number of aromatic nitrogens is 1. The van der Waals surface area contributed by atoms with Gasteiger partial charge in [0.15, 0.2) is 5.78 Å². The summed E-state index contributed by atoms with van der Waals surface area (Å²) in [6.45, 7) is 5.58. The number of nitrogens with zero attached hydrogens (tertiary/aromatic N) is 2. The van der Waals surface area contributed by atoms with Crippen molar-refractivity contribution >= 4 is 27.5 Å². The van der Waals surface area contributed by atoms with Crippen molar-refractivity contribution < 1.29 is 18.8 Å². The van der Waals surface area contributed by atoms with Crippen molar-refractivity contribution in [3.05, 3.63) is 78.0 Å². The van der Waals surface area contributed by atoms with Crippen LogP contribution in [0.15, 0.2) is 66.9 Å². The van der Waals surface area contributed by atoms with E-state index >= 15 is 0 Å². The molecule has 1 aliphatic rings. The molecule has 0 saturated carbocycles. The van der Waals surface area contributed by atoms with Crippen molar-refractivity contribution in [3.63, 3.8) is 0 Å². The molecule has 1 aliphatic heterocycles. The van der Waals surface area contributed by atoms with Gasteiger partial charge in [0, 0.05) is 33.6 Å². The number of carbonyl (C=O) groups is 1. The minimum atomic E-state index is 0.0468. The summed E-state index contributed by atoms with van der Waals surface area (Å²) in [7, 11) is 3.96. The van der Waals surface area contributed by atoms with Gasteiger partial charge in [-0.05, 0) is 23.6 Å². The molecule has 0 aliphatic carbocycles. The number of methoxy groups -OCH3 is 1. The summed E-state index contributed by atoms with van der Waals surface area (Å²) in [6.07, 6.45) is 2.04. The number of hydrogen-bond acceptors (Lipinski definition) is 3. The highest BCUT2D eigenvalue weighted by Gasteiger charge is 2.26. The van der Waals surface area contributed by atoms with Gasteiger partial charge in [-0.1, -0.05) is 42.5 Å². The van der Waals surface area contributed by atoms with Crippen LogP contribution in [0.25, 0.3) is 21.7 Å². The Hall–Kier alpha value is -3.15. The van der Waals surface area contributed by atoms with Gasteiger partial charge in [-0.25, -0.2) is 0 Å². The SMILES string of the molecule is COc1ccc(C(=O)c2cn(CC[N+]3(C)CCOCC3)c3ccccc23)c2ccccc12. The van der Waals surface area contributed by atoms with Crippen LogP contribution >= 0.6 is 0 Å². The van der Waals surface area contributed by atoms with Crippen molar-refractivity contribution in [2.24, 2.45) is 0 Å². The summed E-state index contributed by atoms with van der Waals surface area (Å²) in [4.78, 5) is 13.8. The Bertz CT molecular complexity index is 1280. The van der Waals surface area contributed by atoms with Crippen LogP contribution in [0.5, 0.6) is 5.75 Å². The van der Waals surface area contributed by atoms with E-state index in [2.05, 4.69) is 23.7 Å². The van der Waals surface area contributed by atoms with Crippen molar-refractivity contribution in [3.8, 4) is 5.75 Å². The molecule has 0 radical (unpaired) electrons. The molecule has 0 atom stereocenters. The lowest BCUT2D eigenvalue weighted by atomic mass is 9.96. The van der Waals surface area contributed by atoms with Crippen molar-refractivity contribution in [2.75, 3.05) is 47.0 Å². The fourth-order valence-corrected chi connectivity index (χ4v) is 4.76. The van der Waals surface area contributed by atoms with E-state index in [0.717, 1.165) is 76.9 Å². The molecule has 5 nitrogen and oxygen atoms in total. The Morgan fingerprint density at radius 1 is 0.938 bits per heavy atom. The third-order valence-electron chi connectivity index (χ3n) is 6.81. The molecule has 1 saturated heterocycles. The van der Waals surface area contributed by atoms with Crippen LogP contribution in [0.2, 0.25) is 0 Å². The first-order valence-electron chi connectivity index (χ1n) is 11.2. The molecule has 0 unspecified atom stereocenters. The number of quaternary nitrogens is 1. The highest BCUT2D eigenvalue weighted by molar-refractivity contribution is 6.21. The Kier molecular flexibility index (Phi) is 5.45. The van der Waals surface area contributed by atoms with Gasteiger partial charge in [0.2, 0.25) is 0 Å². The lowest BCUT2D eigenvalue weighted by Crippen LogP contribution is -2.53. The van der Waals surface area contributed by atoms with Gasteiger partial charge in [-0.3, -0.25) is 4.79 Å². The minimum Gasteiger partial charge on any atom is -0.496 e. The maximum absolute atomic E-state index is 13.8. The number of rotatable bonds is 6. The lowest BCUT2D eigenvalue weighted by Gasteiger charge is -2.37. The highest BCUT2D eigenvalue weighted by atomic mass is 16.5. The third-order valence-corrected chi connectivity index (χ3v) is 6.81. The number of hydrogen-bond donors (Lipinski definition) is 0. The lowest BCUT2D eigenvalue weighted by molar-refractivity contribution is -0.917. The zero-order valence-corrected chi connectivity index (χ0v) is 18.7. The molecule has 3 aromatic carbocycles. The summed E-state index contributed by atoms with van der Waals surface area (Å²) in [5.41, 5.74) is 2.56. The number of benzene rings is 3. The van der Waals surface area contributed by atoms with Crippen LogP contribution in [0.1, 0.15) is 15.9 Å². The molecular formula is C27H29N2O3+. The summed E-state index contributed by atoms with van der Waals surface area (Å²) in [5.74, 6) is 0.827. The number of ether oxygens (including phenoxy) is 2. The first-order valence-corrected chi connectivity index (χ1v) is 11.2. The number of morpholine rings is 1. The summed E-state index contributed by atoms with van der Waals surface area (Å²) in [5, 5.41) is 2.87. The molecule has 0 bridgehead atoms. The largest absolute Gasteiger partial charge is 0.496 e. The highest BCUT2D eigenvalue weighted by Crippen LogP contribution is 2.31. The van der Waals surface area contributed by atoms with E-state index in [1.54, 1.807) is 7.11 Å². The average molecular weight is 430 g/mol. The molecule has 2 heterocycles. The fourth-order valence-electron chi connectivity index (χ4n) is 4.76. The molecule has 4 aromatic rings. The van der Waals surface area contributed by atoms with Crippen molar-refractivity contribution in [1.29, 1.82) is 0 Å². The fraction of sp³-hybridized carbons (Fsp3) is 0.296. The number of ketones is 1. The monoisotopic (exact) mass is 429 g/mol. The summed E-state index contributed by atoms with van der Waals surface area (Å²) < 4.78 is 14.3. The summed E-state index contributed by atoms with van der Waals surface area (Å²) in [6, 6.07) is 19.9. The molecule has 164 valence electrons. The van der Waals surface area contributed by atoms with Crippen LogP contribution in [-0.4, -0.2) is 61.8 Å². The van der Waals surface area contributed by atoms with E-state index < -0.39 is 0 Å². The van der Waals surface area contributed by atoms with Crippen LogP contribution in [0, 0.1) is 0 Å². The van der Waals surface area contributed by atoms with E-state index in [1.165, 1.54) is 0 Å². The zero-order valence-electron chi connectivity index (χ0n) is 18.7. The predicted molar refractivity (Wildman–Crippen MR) is 127 cm³/mol. The Morgan fingerprint density at radius 3 is 2.38 bits per heavy atom. The van der Waals surface area contributed by atoms with Gasteiger partial charge in [0.1, 0.15) is 18.8 Å². The van der Waals surface area contributed by atoms with Gasteiger partial charge in [0.05, 0.1) is 40.5 Å². The molecule has 1 aromatic heterocycles. The standard InChI is InChI=1S/C27H29N2O3/c1-29(15-17-32-18-16-29)14-13-28-19-24(21-8-5-6-10-25(21)28)27(30)23-11-12-26(31-2)22-9-4-3-7-20(22)23/h3-12,19H,13-18H2,1-2H3/q+1. The molecule has 32 heavy (non-hydrogen) atoms. The van der Waals surface area contributed by atoms with E-state index in [-0.39, 0.29) is 5.78 Å². The van der Waals surface area contributed by atoms with E-state index in [4.69, 9.17) is 9.47 Å². The normalized spacial score (nSPS) is 15.8.